The van der Waals surface area contributed by atoms with Gasteiger partial charge in [0.15, 0.2) is 0 Å². The van der Waals surface area contributed by atoms with E-state index in [0.717, 1.165) is 0 Å². The first-order valence-electron chi connectivity index (χ1n) is 8.05. The van der Waals surface area contributed by atoms with Gasteiger partial charge in [0.2, 0.25) is 0 Å². The zero-order valence-electron chi connectivity index (χ0n) is 13.1. The minimum Gasteiger partial charge on any atom is -0.0654 e. The molecule has 2 heteroatoms. The molecule has 0 atom stereocenters. The molecular weight excluding hydrogens is 425 g/mol. The van der Waals surface area contributed by atoms with Gasteiger partial charge >= 0.3 is 0 Å². The van der Waals surface area contributed by atoms with Crippen LogP contribution in [0.1, 0.15) is 90.9 Å². The average Bonchev–Trinajstić information content (AvgIpc) is 2.35. The van der Waals surface area contributed by atoms with Crippen molar-refractivity contribution in [1.29, 1.82) is 0 Å². The van der Waals surface area contributed by atoms with Crippen LogP contribution in [0.4, 0.5) is 0 Å². The molecule has 0 nitrogen and oxygen atoms in total. The van der Waals surface area contributed by atoms with Crippen molar-refractivity contribution >= 4 is 11.8 Å². The molecule has 0 radical (unpaired) electrons. The van der Waals surface area contributed by atoms with Gasteiger partial charge < -0.3 is 0 Å². The Morgan fingerprint density at radius 3 is 1.22 bits per heavy atom. The molecule has 0 saturated heterocycles. The van der Waals surface area contributed by atoms with Crippen molar-refractivity contribution in [3.05, 3.63) is 0 Å². The van der Waals surface area contributed by atoms with Crippen molar-refractivity contribution in [2.75, 3.05) is 11.5 Å². The predicted molar refractivity (Wildman–Crippen MR) is 85.2 cm³/mol. The molecular formula is C16H35HgS+. The number of hydrogen-bond donors (Lipinski definition) is 0. The normalized spacial score (nSPS) is 10.3. The smallest absolute Gasteiger partial charge is 0.0654 e. The Bertz CT molecular complexity index is 114. The second-order valence-corrected chi connectivity index (χ2v) is 6.55. The molecule has 0 rings (SSSR count). The van der Waals surface area contributed by atoms with E-state index in [0.29, 0.717) is 0 Å². The molecule has 0 fully saturated rings. The van der Waals surface area contributed by atoms with E-state index < -0.39 is 0 Å². The van der Waals surface area contributed by atoms with Crippen LogP contribution in [0.15, 0.2) is 0 Å². The van der Waals surface area contributed by atoms with E-state index in [1.165, 1.54) is 88.6 Å². The average molecular weight is 460 g/mol. The number of thiol groups is 1. The van der Waals surface area contributed by atoms with Crippen LogP contribution in [0.5, 0.6) is 0 Å². The van der Waals surface area contributed by atoms with E-state index in [1.54, 1.807) is 11.8 Å². The van der Waals surface area contributed by atoms with Gasteiger partial charge in [0, 0.05) is 27.7 Å². The van der Waals surface area contributed by atoms with Crippen LogP contribution < -0.4 is 0 Å². The van der Waals surface area contributed by atoms with Gasteiger partial charge in [0.25, 0.3) is 0 Å². The molecule has 0 N–H and O–H groups in total. The van der Waals surface area contributed by atoms with Crippen molar-refractivity contribution in [1.82, 2.24) is 0 Å². The summed E-state index contributed by atoms with van der Waals surface area (Å²) in [5, 5.41) is 0. The van der Waals surface area contributed by atoms with Crippen LogP contribution in [0.3, 0.4) is 0 Å². The second-order valence-electron chi connectivity index (χ2n) is 5.21. The van der Waals surface area contributed by atoms with Gasteiger partial charge in [-0.2, -0.15) is 0 Å². The monoisotopic (exact) mass is 461 g/mol. The van der Waals surface area contributed by atoms with Gasteiger partial charge in [-0.1, -0.05) is 65.2 Å². The van der Waals surface area contributed by atoms with E-state index in [2.05, 4.69) is 13.8 Å². The van der Waals surface area contributed by atoms with E-state index in [9.17, 15) is 0 Å². The first-order chi connectivity index (χ1) is 8.41. The van der Waals surface area contributed by atoms with Crippen LogP contribution in [-0.2, 0) is 39.4 Å². The van der Waals surface area contributed by atoms with E-state index in [4.69, 9.17) is 0 Å². The van der Waals surface area contributed by atoms with Crippen LogP contribution in [0.2, 0.25) is 0 Å². The molecule has 0 saturated carbocycles. The van der Waals surface area contributed by atoms with E-state index in [1.807, 2.05) is 0 Å². The van der Waals surface area contributed by atoms with Gasteiger partial charge in [-0.3, -0.25) is 0 Å². The summed E-state index contributed by atoms with van der Waals surface area (Å²) in [4.78, 5) is 0. The van der Waals surface area contributed by atoms with Gasteiger partial charge in [-0.05, 0) is 37.4 Å². The Kier molecular flexibility index (Phi) is 24.7. The van der Waals surface area contributed by atoms with Crippen LogP contribution in [-0.4, -0.2) is 11.5 Å². The largest absolute Gasteiger partial charge is 0.105 e. The Labute approximate surface area is 141 Å². The second kappa shape index (κ2) is 20.6. The Morgan fingerprint density at radius 1 is 0.500 bits per heavy atom. The minimum atomic E-state index is 0. The maximum atomic E-state index is 2.29. The summed E-state index contributed by atoms with van der Waals surface area (Å²) in [6.45, 7) is 4.58. The predicted octanol–water partition coefficient (Wildman–Crippen LogP) is 5.52. The molecule has 0 aliphatic heterocycles. The Hall–Kier alpha value is 1.29. The maximum Gasteiger partial charge on any atom is 0.105 e. The molecule has 0 aromatic carbocycles. The summed E-state index contributed by atoms with van der Waals surface area (Å²) in [6, 6.07) is 0. The fraction of sp³-hybridized carbons (Fsp3) is 1.00. The van der Waals surface area contributed by atoms with Crippen molar-refractivity contribution in [2.45, 2.75) is 90.9 Å². The van der Waals surface area contributed by atoms with Gasteiger partial charge in [0.05, 0.1) is 0 Å². The quantitative estimate of drug-likeness (QED) is 0.139. The molecule has 18 heavy (non-hydrogen) atoms. The summed E-state index contributed by atoms with van der Waals surface area (Å²) in [5.74, 6) is 2.92. The minimum absolute atomic E-state index is 0. The van der Waals surface area contributed by atoms with Crippen LogP contribution in [0.25, 0.3) is 0 Å². The van der Waals surface area contributed by atoms with Crippen molar-refractivity contribution in [3.8, 4) is 0 Å². The molecule has 0 spiro atoms. The number of unbranched alkanes of at least 4 members (excludes halogenated alkanes) is 10. The maximum absolute atomic E-state index is 2.29. The molecule has 0 aromatic heterocycles. The fourth-order valence-corrected chi connectivity index (χ4v) is 3.24. The summed E-state index contributed by atoms with van der Waals surface area (Å²) in [5.41, 5.74) is 0. The first-order valence-corrected chi connectivity index (χ1v) is 9.31. The Morgan fingerprint density at radius 2 is 0.833 bits per heavy atom. The number of hydrogen-bond acceptors (Lipinski definition) is 0. The summed E-state index contributed by atoms with van der Waals surface area (Å²) < 4.78 is 0. The number of rotatable bonds is 14. The van der Waals surface area contributed by atoms with Gasteiger partial charge in [0.1, 0.15) is 11.5 Å². The van der Waals surface area contributed by atoms with E-state index in [-0.39, 0.29) is 27.7 Å². The topological polar surface area (TPSA) is 0 Å². The molecule has 106 valence electrons. The van der Waals surface area contributed by atoms with Crippen molar-refractivity contribution in [2.24, 2.45) is 0 Å². The summed E-state index contributed by atoms with van der Waals surface area (Å²) >= 11 is 1.72. The first kappa shape index (κ1) is 21.6. The molecule has 0 aliphatic carbocycles. The van der Waals surface area contributed by atoms with E-state index >= 15 is 0 Å². The molecule has 0 amide bonds. The molecule has 0 aromatic rings. The third kappa shape index (κ3) is 19.6. The molecule has 0 unspecified atom stereocenters. The SMILES string of the molecule is CCCCCCCC[SH+]CCCCCCCC.[Hg]. The molecule has 0 aliphatic rings. The zero-order valence-corrected chi connectivity index (χ0v) is 19.4. The Balaban J connectivity index is 0. The third-order valence-corrected chi connectivity index (χ3v) is 4.60. The van der Waals surface area contributed by atoms with Crippen LogP contribution in [0, 0.1) is 0 Å². The zero-order chi connectivity index (χ0) is 12.6. The standard InChI is InChI=1S/C16H34S.Hg/c1-3-5-7-9-11-13-15-17-16-14-12-10-8-6-4-2;/h3-16H2,1-2H3;/p+1. The van der Waals surface area contributed by atoms with Crippen LogP contribution >= 0.6 is 0 Å². The summed E-state index contributed by atoms with van der Waals surface area (Å²) in [6.07, 6.45) is 17.4. The molecule has 0 heterocycles. The van der Waals surface area contributed by atoms with Gasteiger partial charge in [-0.15, -0.1) is 0 Å². The van der Waals surface area contributed by atoms with Crippen molar-refractivity contribution < 1.29 is 27.7 Å². The fourth-order valence-electron chi connectivity index (χ4n) is 2.12. The third-order valence-electron chi connectivity index (χ3n) is 3.34. The molecule has 0 bridgehead atoms. The van der Waals surface area contributed by atoms with Crippen molar-refractivity contribution in [3.63, 3.8) is 0 Å². The van der Waals surface area contributed by atoms with Gasteiger partial charge in [-0.25, -0.2) is 0 Å². The summed E-state index contributed by atoms with van der Waals surface area (Å²) in [7, 11) is 0.